The maximum atomic E-state index is 12.8. The minimum Gasteiger partial charge on any atom is -0.490 e. The van der Waals surface area contributed by atoms with Crippen LogP contribution in [0.15, 0.2) is 42.5 Å². The van der Waals surface area contributed by atoms with Gasteiger partial charge in [-0.1, -0.05) is 11.6 Å². The molecular formula is C15H11ClFNO2. The molecule has 0 aromatic heterocycles. The molecule has 0 aliphatic rings. The van der Waals surface area contributed by atoms with Crippen molar-refractivity contribution in [3.63, 3.8) is 0 Å². The van der Waals surface area contributed by atoms with Crippen molar-refractivity contribution in [3.8, 4) is 17.6 Å². The van der Waals surface area contributed by atoms with E-state index in [-0.39, 0.29) is 11.6 Å². The van der Waals surface area contributed by atoms with Crippen LogP contribution >= 0.6 is 11.6 Å². The Labute approximate surface area is 121 Å². The summed E-state index contributed by atoms with van der Waals surface area (Å²) in [5.41, 5.74) is 0.576. The van der Waals surface area contributed by atoms with Gasteiger partial charge in [-0.05, 0) is 42.5 Å². The standard InChI is InChI=1S/C15H11ClFNO2/c16-14-9-12(17)3-6-15(14)20-8-7-19-13-4-1-11(10-18)2-5-13/h1-6,9H,7-8H2. The van der Waals surface area contributed by atoms with Gasteiger partial charge in [0.05, 0.1) is 16.7 Å². The van der Waals surface area contributed by atoms with Crippen molar-refractivity contribution < 1.29 is 13.9 Å². The SMILES string of the molecule is N#Cc1ccc(OCCOc2ccc(F)cc2Cl)cc1. The smallest absolute Gasteiger partial charge is 0.138 e. The van der Waals surface area contributed by atoms with Crippen LogP contribution in [0.3, 0.4) is 0 Å². The van der Waals surface area contributed by atoms with Crippen LogP contribution in [0.4, 0.5) is 4.39 Å². The van der Waals surface area contributed by atoms with Crippen molar-refractivity contribution >= 4 is 11.6 Å². The Morgan fingerprint density at radius 3 is 2.40 bits per heavy atom. The van der Waals surface area contributed by atoms with E-state index in [1.807, 2.05) is 6.07 Å². The highest BCUT2D eigenvalue weighted by molar-refractivity contribution is 6.32. The third-order valence-corrected chi connectivity index (χ3v) is 2.78. The Kier molecular flexibility index (Phi) is 4.80. The van der Waals surface area contributed by atoms with E-state index in [2.05, 4.69) is 0 Å². The molecule has 0 bridgehead atoms. The van der Waals surface area contributed by atoms with Gasteiger partial charge in [0.25, 0.3) is 0 Å². The molecule has 0 heterocycles. The molecular weight excluding hydrogens is 281 g/mol. The summed E-state index contributed by atoms with van der Waals surface area (Å²) in [6.45, 7) is 0.602. The van der Waals surface area contributed by atoms with Crippen molar-refractivity contribution in [1.82, 2.24) is 0 Å². The van der Waals surface area contributed by atoms with Gasteiger partial charge in [0, 0.05) is 0 Å². The summed E-state index contributed by atoms with van der Waals surface area (Å²) in [5.74, 6) is 0.658. The molecule has 0 aliphatic carbocycles. The molecule has 20 heavy (non-hydrogen) atoms. The predicted molar refractivity (Wildman–Crippen MR) is 73.6 cm³/mol. The maximum absolute atomic E-state index is 12.8. The summed E-state index contributed by atoms with van der Waals surface area (Å²) in [7, 11) is 0. The van der Waals surface area contributed by atoms with Gasteiger partial charge in [-0.15, -0.1) is 0 Å². The Bertz CT molecular complexity index is 623. The second-order valence-corrected chi connectivity index (χ2v) is 4.32. The molecule has 0 saturated carbocycles. The zero-order valence-corrected chi connectivity index (χ0v) is 11.2. The van der Waals surface area contributed by atoms with Crippen molar-refractivity contribution in [2.75, 3.05) is 13.2 Å². The fourth-order valence-electron chi connectivity index (χ4n) is 1.53. The molecule has 2 rings (SSSR count). The second kappa shape index (κ2) is 6.78. The second-order valence-electron chi connectivity index (χ2n) is 3.91. The molecule has 2 aromatic rings. The van der Waals surface area contributed by atoms with Gasteiger partial charge in [0.15, 0.2) is 0 Å². The van der Waals surface area contributed by atoms with Gasteiger partial charge < -0.3 is 9.47 Å². The Morgan fingerprint density at radius 2 is 1.75 bits per heavy atom. The zero-order valence-electron chi connectivity index (χ0n) is 10.5. The van der Waals surface area contributed by atoms with Crippen molar-refractivity contribution in [1.29, 1.82) is 5.26 Å². The molecule has 0 radical (unpaired) electrons. The molecule has 0 fully saturated rings. The van der Waals surface area contributed by atoms with Crippen LogP contribution in [0.25, 0.3) is 0 Å². The fraction of sp³-hybridized carbons (Fsp3) is 0.133. The molecule has 0 aliphatic heterocycles. The number of ether oxygens (including phenoxy) is 2. The largest absolute Gasteiger partial charge is 0.490 e. The van der Waals surface area contributed by atoms with E-state index in [1.54, 1.807) is 24.3 Å². The Morgan fingerprint density at radius 1 is 1.05 bits per heavy atom. The normalized spacial score (nSPS) is 9.85. The van der Waals surface area contributed by atoms with Crippen LogP contribution < -0.4 is 9.47 Å². The third kappa shape index (κ3) is 3.87. The molecule has 3 nitrogen and oxygen atoms in total. The highest BCUT2D eigenvalue weighted by Gasteiger charge is 2.03. The molecule has 0 N–H and O–H groups in total. The molecule has 102 valence electrons. The number of nitrogens with zero attached hydrogens (tertiary/aromatic N) is 1. The zero-order chi connectivity index (χ0) is 14.4. The lowest BCUT2D eigenvalue weighted by molar-refractivity contribution is 0.217. The lowest BCUT2D eigenvalue weighted by Gasteiger charge is -2.09. The lowest BCUT2D eigenvalue weighted by Crippen LogP contribution is -2.09. The predicted octanol–water partition coefficient (Wildman–Crippen LogP) is 3.81. The summed E-state index contributed by atoms with van der Waals surface area (Å²) < 4.78 is 23.7. The van der Waals surface area contributed by atoms with E-state index in [4.69, 9.17) is 26.3 Å². The van der Waals surface area contributed by atoms with Crippen LogP contribution in [0.1, 0.15) is 5.56 Å². The number of hydrogen-bond acceptors (Lipinski definition) is 3. The molecule has 5 heteroatoms. The highest BCUT2D eigenvalue weighted by Crippen LogP contribution is 2.24. The summed E-state index contributed by atoms with van der Waals surface area (Å²) in [6, 6.07) is 12.7. The molecule has 0 spiro atoms. The summed E-state index contributed by atoms with van der Waals surface area (Å²) in [4.78, 5) is 0. The van der Waals surface area contributed by atoms with E-state index in [1.165, 1.54) is 18.2 Å². The van der Waals surface area contributed by atoms with E-state index in [0.717, 1.165) is 0 Å². The number of halogens is 2. The summed E-state index contributed by atoms with van der Waals surface area (Å²) >= 11 is 5.82. The van der Waals surface area contributed by atoms with E-state index in [9.17, 15) is 4.39 Å². The molecule has 0 atom stereocenters. The minimum atomic E-state index is -0.406. The minimum absolute atomic E-state index is 0.225. The monoisotopic (exact) mass is 291 g/mol. The Hall–Kier alpha value is -2.25. The Balaban J connectivity index is 1.80. The highest BCUT2D eigenvalue weighted by atomic mass is 35.5. The van der Waals surface area contributed by atoms with Crippen LogP contribution in [0.5, 0.6) is 11.5 Å². The first kappa shape index (κ1) is 14.2. The number of benzene rings is 2. The quantitative estimate of drug-likeness (QED) is 0.787. The average molecular weight is 292 g/mol. The average Bonchev–Trinajstić information content (AvgIpc) is 2.46. The first-order valence-corrected chi connectivity index (χ1v) is 6.27. The molecule has 2 aromatic carbocycles. The number of nitriles is 1. The number of hydrogen-bond donors (Lipinski definition) is 0. The van der Waals surface area contributed by atoms with E-state index in [0.29, 0.717) is 23.7 Å². The molecule has 0 amide bonds. The maximum Gasteiger partial charge on any atom is 0.138 e. The van der Waals surface area contributed by atoms with Crippen LogP contribution in [-0.2, 0) is 0 Å². The lowest BCUT2D eigenvalue weighted by atomic mass is 10.2. The van der Waals surface area contributed by atoms with E-state index < -0.39 is 5.82 Å². The number of rotatable bonds is 5. The molecule has 0 unspecified atom stereocenters. The fourth-order valence-corrected chi connectivity index (χ4v) is 1.75. The first-order valence-electron chi connectivity index (χ1n) is 5.90. The van der Waals surface area contributed by atoms with Crippen LogP contribution in [0, 0.1) is 17.1 Å². The van der Waals surface area contributed by atoms with Crippen molar-refractivity contribution in [3.05, 3.63) is 58.9 Å². The van der Waals surface area contributed by atoms with Gasteiger partial charge >= 0.3 is 0 Å². The van der Waals surface area contributed by atoms with E-state index >= 15 is 0 Å². The third-order valence-electron chi connectivity index (χ3n) is 2.49. The summed E-state index contributed by atoms with van der Waals surface area (Å²) in [6.07, 6.45) is 0. The van der Waals surface area contributed by atoms with Crippen LogP contribution in [-0.4, -0.2) is 13.2 Å². The van der Waals surface area contributed by atoms with Crippen LogP contribution in [0.2, 0.25) is 5.02 Å². The van der Waals surface area contributed by atoms with Gasteiger partial charge in [-0.2, -0.15) is 5.26 Å². The summed E-state index contributed by atoms with van der Waals surface area (Å²) in [5, 5.41) is 8.89. The first-order chi connectivity index (χ1) is 9.69. The van der Waals surface area contributed by atoms with Crippen molar-refractivity contribution in [2.45, 2.75) is 0 Å². The molecule has 0 saturated heterocycles. The van der Waals surface area contributed by atoms with Gasteiger partial charge in [0.1, 0.15) is 30.5 Å². The van der Waals surface area contributed by atoms with Crippen molar-refractivity contribution in [2.24, 2.45) is 0 Å². The van der Waals surface area contributed by atoms with Gasteiger partial charge in [0.2, 0.25) is 0 Å². The van der Waals surface area contributed by atoms with Gasteiger partial charge in [-0.3, -0.25) is 0 Å². The topological polar surface area (TPSA) is 42.2 Å². The van der Waals surface area contributed by atoms with Gasteiger partial charge in [-0.25, -0.2) is 4.39 Å².